The van der Waals surface area contributed by atoms with E-state index >= 15 is 0 Å². The van der Waals surface area contributed by atoms with E-state index in [0.717, 1.165) is 25.7 Å². The van der Waals surface area contributed by atoms with Crippen LogP contribution in [0.5, 0.6) is 0 Å². The van der Waals surface area contributed by atoms with E-state index in [4.69, 9.17) is 14.2 Å². The lowest BCUT2D eigenvalue weighted by atomic mass is 9.37. The molecule has 3 saturated carbocycles. The summed E-state index contributed by atoms with van der Waals surface area (Å²) < 4.78 is 17.3. The normalized spacial score (nSPS) is 52.0. The van der Waals surface area contributed by atoms with Crippen LogP contribution in [-0.4, -0.2) is 46.9 Å². The van der Waals surface area contributed by atoms with Crippen molar-refractivity contribution in [1.82, 2.24) is 0 Å². The molecule has 2 N–H and O–H groups in total. The SMILES string of the molecule is CCCC(=O)O[C@H]1[C@@H](O)C23C4[C@@H](OC(=O)[C@@H]4CCC2[C@@]2(C)CCCC(C)(C)[C@H]12)O[C@@H]3O. The second-order valence-electron chi connectivity index (χ2n) is 11.5. The van der Waals surface area contributed by atoms with Gasteiger partial charge in [0.2, 0.25) is 6.29 Å². The van der Waals surface area contributed by atoms with Crippen molar-refractivity contribution in [1.29, 1.82) is 0 Å². The van der Waals surface area contributed by atoms with Crippen molar-refractivity contribution in [3.63, 3.8) is 0 Å². The van der Waals surface area contributed by atoms with E-state index in [1.807, 2.05) is 6.92 Å². The third kappa shape index (κ3) is 2.63. The molecule has 7 heteroatoms. The van der Waals surface area contributed by atoms with Crippen LogP contribution in [0.4, 0.5) is 0 Å². The first-order valence-corrected chi connectivity index (χ1v) is 12.0. The summed E-state index contributed by atoms with van der Waals surface area (Å²) in [4.78, 5) is 25.2. The first-order valence-electron chi connectivity index (χ1n) is 12.0. The summed E-state index contributed by atoms with van der Waals surface area (Å²) in [5.41, 5.74) is -1.46. The quantitative estimate of drug-likeness (QED) is 0.656. The Kier molecular flexibility index (Phi) is 4.83. The van der Waals surface area contributed by atoms with E-state index in [1.165, 1.54) is 0 Å². The second-order valence-corrected chi connectivity index (χ2v) is 11.5. The summed E-state index contributed by atoms with van der Waals surface area (Å²) in [6.07, 6.45) is 1.38. The average molecular weight is 437 g/mol. The standard InChI is InChI=1S/C24H36O7/c1-5-7-14(25)29-16-17-22(2,3)10-6-11-23(17,4)13-9-8-12-15-20(30-19(12)27)31-21(28)24(13,15)18(16)26/h12-13,15-18,20-21,26,28H,5-11H2,1-4H3/t12-,13?,15?,16-,17+,18-,20+,21+,23-,24?/m1/s1. The van der Waals surface area contributed by atoms with Gasteiger partial charge in [-0.3, -0.25) is 9.59 Å². The van der Waals surface area contributed by atoms with Gasteiger partial charge < -0.3 is 24.4 Å². The molecule has 0 aromatic carbocycles. The van der Waals surface area contributed by atoms with Crippen molar-refractivity contribution < 1.29 is 34.0 Å². The molecule has 2 heterocycles. The Hall–Kier alpha value is -1.18. The molecule has 7 nitrogen and oxygen atoms in total. The molecule has 0 aromatic heterocycles. The number of aliphatic hydroxyl groups is 2. The lowest BCUT2D eigenvalue weighted by Gasteiger charge is -2.68. The van der Waals surface area contributed by atoms with Crippen LogP contribution in [0.3, 0.4) is 0 Å². The molecule has 2 saturated heterocycles. The van der Waals surface area contributed by atoms with Crippen LogP contribution in [0.15, 0.2) is 0 Å². The fraction of sp³-hybridized carbons (Fsp3) is 0.917. The number of esters is 2. The fourth-order valence-electron chi connectivity index (χ4n) is 8.82. The molecular formula is C24H36O7. The maximum Gasteiger partial charge on any atom is 0.311 e. The van der Waals surface area contributed by atoms with Gasteiger partial charge in [0.1, 0.15) is 12.2 Å². The summed E-state index contributed by atoms with van der Waals surface area (Å²) in [6, 6.07) is 0. The molecule has 0 aromatic rings. The van der Waals surface area contributed by atoms with E-state index in [0.29, 0.717) is 19.3 Å². The van der Waals surface area contributed by atoms with Crippen LogP contribution in [0.2, 0.25) is 0 Å². The van der Waals surface area contributed by atoms with Crippen molar-refractivity contribution in [2.24, 2.45) is 39.9 Å². The molecule has 31 heavy (non-hydrogen) atoms. The Bertz CT molecular complexity index is 780. The second kappa shape index (κ2) is 6.91. The fourth-order valence-corrected chi connectivity index (χ4v) is 8.82. The van der Waals surface area contributed by atoms with Crippen LogP contribution in [0.25, 0.3) is 0 Å². The molecule has 1 spiro atoms. The van der Waals surface area contributed by atoms with Gasteiger partial charge in [0.25, 0.3) is 0 Å². The van der Waals surface area contributed by atoms with Crippen molar-refractivity contribution in [2.45, 2.75) is 97.4 Å². The van der Waals surface area contributed by atoms with Crippen molar-refractivity contribution >= 4 is 11.9 Å². The molecule has 174 valence electrons. The van der Waals surface area contributed by atoms with Crippen molar-refractivity contribution in [2.75, 3.05) is 0 Å². The molecule has 5 fully saturated rings. The van der Waals surface area contributed by atoms with Gasteiger partial charge in [-0.15, -0.1) is 0 Å². The molecular weight excluding hydrogens is 400 g/mol. The van der Waals surface area contributed by atoms with Gasteiger partial charge in [0.15, 0.2) is 6.29 Å². The van der Waals surface area contributed by atoms with Crippen molar-refractivity contribution in [3.8, 4) is 0 Å². The first kappa shape index (κ1) is 21.7. The summed E-state index contributed by atoms with van der Waals surface area (Å²) >= 11 is 0. The van der Waals surface area contributed by atoms with E-state index in [-0.39, 0.29) is 34.6 Å². The van der Waals surface area contributed by atoms with Crippen LogP contribution < -0.4 is 0 Å². The predicted molar refractivity (Wildman–Crippen MR) is 109 cm³/mol. The maximum absolute atomic E-state index is 12.7. The van der Waals surface area contributed by atoms with E-state index in [1.54, 1.807) is 0 Å². The number of ether oxygens (including phenoxy) is 3. The molecule has 2 aliphatic heterocycles. The molecule has 0 radical (unpaired) electrons. The van der Waals surface area contributed by atoms with Gasteiger partial charge in [0, 0.05) is 18.3 Å². The average Bonchev–Trinajstić information content (AvgIpc) is 3.15. The Morgan fingerprint density at radius 3 is 2.65 bits per heavy atom. The lowest BCUT2D eigenvalue weighted by molar-refractivity contribution is -0.308. The number of aliphatic hydroxyl groups excluding tert-OH is 2. The number of carbonyl (C=O) groups is 2. The monoisotopic (exact) mass is 436 g/mol. The zero-order valence-corrected chi connectivity index (χ0v) is 19.0. The highest BCUT2D eigenvalue weighted by molar-refractivity contribution is 5.76. The summed E-state index contributed by atoms with van der Waals surface area (Å²) in [5, 5.41) is 23.2. The summed E-state index contributed by atoms with van der Waals surface area (Å²) in [6.45, 7) is 8.58. The number of fused-ring (bicyclic) bond motifs is 2. The van der Waals surface area contributed by atoms with E-state index < -0.39 is 42.0 Å². The number of carbonyl (C=O) groups excluding carboxylic acids is 2. The smallest absolute Gasteiger partial charge is 0.311 e. The topological polar surface area (TPSA) is 102 Å². The maximum atomic E-state index is 12.7. The molecule has 0 bridgehead atoms. The number of rotatable bonds is 3. The highest BCUT2D eigenvalue weighted by Gasteiger charge is 2.79. The highest BCUT2D eigenvalue weighted by atomic mass is 16.8. The van der Waals surface area contributed by atoms with E-state index in [9.17, 15) is 19.8 Å². The Morgan fingerprint density at radius 1 is 1.19 bits per heavy atom. The van der Waals surface area contributed by atoms with E-state index in [2.05, 4.69) is 20.8 Å². The Balaban J connectivity index is 1.66. The largest absolute Gasteiger partial charge is 0.459 e. The van der Waals surface area contributed by atoms with Gasteiger partial charge >= 0.3 is 11.9 Å². The van der Waals surface area contributed by atoms with Gasteiger partial charge in [-0.1, -0.05) is 34.1 Å². The van der Waals surface area contributed by atoms with Gasteiger partial charge in [0.05, 0.1) is 11.3 Å². The van der Waals surface area contributed by atoms with Crippen molar-refractivity contribution in [3.05, 3.63) is 0 Å². The van der Waals surface area contributed by atoms with Crippen LogP contribution in [0, 0.1) is 39.9 Å². The zero-order valence-electron chi connectivity index (χ0n) is 19.0. The van der Waals surface area contributed by atoms with Crippen LogP contribution in [-0.2, 0) is 23.8 Å². The number of hydrogen-bond acceptors (Lipinski definition) is 7. The van der Waals surface area contributed by atoms with Crippen LogP contribution in [0.1, 0.15) is 72.6 Å². The third-order valence-electron chi connectivity index (χ3n) is 9.66. The molecule has 3 aliphatic carbocycles. The molecule has 3 unspecified atom stereocenters. The minimum Gasteiger partial charge on any atom is -0.459 e. The molecule has 5 aliphatic rings. The molecule has 0 amide bonds. The minimum atomic E-state index is -1.26. The first-order chi connectivity index (χ1) is 14.6. The molecule has 5 rings (SSSR count). The molecule has 10 atom stereocenters. The number of hydrogen-bond donors (Lipinski definition) is 2. The Morgan fingerprint density at radius 2 is 1.94 bits per heavy atom. The van der Waals surface area contributed by atoms with Crippen LogP contribution >= 0.6 is 0 Å². The Labute approximate surface area is 183 Å². The predicted octanol–water partition coefficient (Wildman–Crippen LogP) is 2.77. The summed E-state index contributed by atoms with van der Waals surface area (Å²) in [5.74, 6) is -1.52. The third-order valence-corrected chi connectivity index (χ3v) is 9.66. The highest BCUT2D eigenvalue weighted by Crippen LogP contribution is 2.73. The van der Waals surface area contributed by atoms with Gasteiger partial charge in [-0.2, -0.15) is 0 Å². The van der Waals surface area contributed by atoms with Gasteiger partial charge in [-0.05, 0) is 48.9 Å². The van der Waals surface area contributed by atoms with Gasteiger partial charge in [-0.25, -0.2) is 0 Å². The zero-order chi connectivity index (χ0) is 22.3. The lowest BCUT2D eigenvalue weighted by Crippen LogP contribution is -2.73. The summed E-state index contributed by atoms with van der Waals surface area (Å²) in [7, 11) is 0. The minimum absolute atomic E-state index is 0.0407.